The van der Waals surface area contributed by atoms with Gasteiger partial charge in [-0.2, -0.15) is 4.98 Å². The monoisotopic (exact) mass is 318 g/mol. The molecule has 0 aliphatic carbocycles. The van der Waals surface area contributed by atoms with Crippen LogP contribution in [0.4, 0.5) is 17.2 Å². The van der Waals surface area contributed by atoms with Crippen molar-refractivity contribution < 1.29 is 4.92 Å². The molecule has 98 valence electrons. The van der Waals surface area contributed by atoms with Crippen molar-refractivity contribution in [2.75, 3.05) is 5.32 Å². The number of halogens is 3. The molecule has 0 radical (unpaired) electrons. The van der Waals surface area contributed by atoms with Crippen molar-refractivity contribution in [1.29, 1.82) is 0 Å². The van der Waals surface area contributed by atoms with E-state index in [1.165, 1.54) is 6.07 Å². The van der Waals surface area contributed by atoms with E-state index >= 15 is 0 Å². The second-order valence-corrected chi connectivity index (χ2v) is 4.56. The maximum atomic E-state index is 10.9. The number of aromatic nitrogens is 2. The topological polar surface area (TPSA) is 81.0 Å². The molecular weight excluding hydrogens is 314 g/mol. The Kier molecular flexibility index (Phi) is 4.04. The molecule has 0 saturated heterocycles. The lowest BCUT2D eigenvalue weighted by atomic mass is 10.3. The summed E-state index contributed by atoms with van der Waals surface area (Å²) in [5, 5.41) is 14.2. The van der Waals surface area contributed by atoms with Crippen LogP contribution in [0.5, 0.6) is 0 Å². The van der Waals surface area contributed by atoms with Gasteiger partial charge in [-0.15, -0.1) is 0 Å². The summed E-state index contributed by atoms with van der Waals surface area (Å²) in [5.41, 5.74) is 0.111. The third-order valence-electron chi connectivity index (χ3n) is 2.12. The highest BCUT2D eigenvalue weighted by atomic mass is 35.5. The van der Waals surface area contributed by atoms with Crippen LogP contribution in [0.25, 0.3) is 0 Å². The number of nitro groups is 1. The minimum absolute atomic E-state index is 0.0470. The average molecular weight is 320 g/mol. The molecule has 0 atom stereocenters. The van der Waals surface area contributed by atoms with Gasteiger partial charge in [-0.1, -0.05) is 23.2 Å². The van der Waals surface area contributed by atoms with Gasteiger partial charge in [0, 0.05) is 5.02 Å². The molecule has 6 nitrogen and oxygen atoms in total. The van der Waals surface area contributed by atoms with Crippen LogP contribution in [0, 0.1) is 10.1 Å². The maximum absolute atomic E-state index is 10.9. The van der Waals surface area contributed by atoms with Crippen molar-refractivity contribution in [2.24, 2.45) is 0 Å². The smallest absolute Gasteiger partial charge is 0.329 e. The highest BCUT2D eigenvalue weighted by molar-refractivity contribution is 6.36. The molecule has 0 aliphatic heterocycles. The number of rotatable bonds is 3. The number of anilines is 2. The van der Waals surface area contributed by atoms with E-state index in [0.29, 0.717) is 15.7 Å². The van der Waals surface area contributed by atoms with Crippen molar-refractivity contribution in [1.82, 2.24) is 9.97 Å². The first-order valence-electron chi connectivity index (χ1n) is 4.86. The van der Waals surface area contributed by atoms with E-state index in [-0.39, 0.29) is 16.8 Å². The quantitative estimate of drug-likeness (QED) is 0.523. The summed E-state index contributed by atoms with van der Waals surface area (Å²) in [7, 11) is 0. The first-order valence-corrected chi connectivity index (χ1v) is 6.00. The van der Waals surface area contributed by atoms with Crippen LogP contribution in [0.2, 0.25) is 15.3 Å². The molecule has 0 bridgehead atoms. The molecular formula is C10H5Cl3N4O2. The van der Waals surface area contributed by atoms with Crippen LogP contribution in [0.3, 0.4) is 0 Å². The van der Waals surface area contributed by atoms with Crippen LogP contribution in [-0.4, -0.2) is 14.9 Å². The fourth-order valence-electron chi connectivity index (χ4n) is 1.30. The Balaban J connectivity index is 2.42. The Morgan fingerprint density at radius 1 is 1.26 bits per heavy atom. The third kappa shape index (κ3) is 3.23. The van der Waals surface area contributed by atoms with Gasteiger partial charge in [-0.05, 0) is 29.8 Å². The van der Waals surface area contributed by atoms with Crippen molar-refractivity contribution in [3.63, 3.8) is 0 Å². The van der Waals surface area contributed by atoms with Gasteiger partial charge in [0.2, 0.25) is 11.1 Å². The van der Waals surface area contributed by atoms with Crippen molar-refractivity contribution in [2.45, 2.75) is 0 Å². The summed E-state index contributed by atoms with van der Waals surface area (Å²) in [6, 6.07) is 4.66. The Morgan fingerprint density at radius 2 is 2.00 bits per heavy atom. The molecule has 0 unspecified atom stereocenters. The number of nitrogens with one attached hydrogen (secondary N) is 1. The van der Waals surface area contributed by atoms with Crippen molar-refractivity contribution in [3.05, 3.63) is 49.8 Å². The first-order chi connectivity index (χ1) is 8.97. The van der Waals surface area contributed by atoms with E-state index in [4.69, 9.17) is 34.8 Å². The standard InChI is InChI=1S/C10H5Cl3N4O2/c11-5-1-2-7(6(12)3-5)15-9-8(17(18)19)4-14-10(13)16-9/h1-4H,(H,14,15,16). The predicted octanol–water partition coefficient (Wildman–Crippen LogP) is 4.09. The van der Waals surface area contributed by atoms with Crippen LogP contribution in [-0.2, 0) is 0 Å². The molecule has 9 heteroatoms. The molecule has 0 fully saturated rings. The lowest BCUT2D eigenvalue weighted by Crippen LogP contribution is -2.01. The van der Waals surface area contributed by atoms with Gasteiger partial charge < -0.3 is 5.32 Å². The van der Waals surface area contributed by atoms with Gasteiger partial charge in [0.1, 0.15) is 6.20 Å². The number of hydrogen-bond acceptors (Lipinski definition) is 5. The van der Waals surface area contributed by atoms with E-state index in [9.17, 15) is 10.1 Å². The van der Waals surface area contributed by atoms with Crippen LogP contribution < -0.4 is 5.32 Å². The highest BCUT2D eigenvalue weighted by Gasteiger charge is 2.17. The first kappa shape index (κ1) is 13.8. The molecule has 0 aliphatic rings. The van der Waals surface area contributed by atoms with Crippen LogP contribution >= 0.6 is 34.8 Å². The fraction of sp³-hybridized carbons (Fsp3) is 0. The largest absolute Gasteiger partial charge is 0.333 e. The van der Waals surface area contributed by atoms with E-state index in [0.717, 1.165) is 6.20 Å². The molecule has 0 spiro atoms. The SMILES string of the molecule is O=[N+]([O-])c1cnc(Cl)nc1Nc1ccc(Cl)cc1Cl. The summed E-state index contributed by atoms with van der Waals surface area (Å²) in [5.74, 6) is -0.0470. The zero-order chi connectivity index (χ0) is 14.0. The Bertz CT molecular complexity index is 651. The van der Waals surface area contributed by atoms with E-state index in [2.05, 4.69) is 15.3 Å². The summed E-state index contributed by atoms with van der Waals surface area (Å²) >= 11 is 17.3. The lowest BCUT2D eigenvalue weighted by Gasteiger charge is -2.08. The van der Waals surface area contributed by atoms with Crippen LogP contribution in [0.1, 0.15) is 0 Å². The number of hydrogen-bond donors (Lipinski definition) is 1. The van der Waals surface area contributed by atoms with Gasteiger partial charge in [-0.25, -0.2) is 4.98 Å². The lowest BCUT2D eigenvalue weighted by molar-refractivity contribution is -0.384. The fourth-order valence-corrected chi connectivity index (χ4v) is 1.89. The van der Waals surface area contributed by atoms with Crippen molar-refractivity contribution >= 4 is 52.0 Å². The van der Waals surface area contributed by atoms with Gasteiger partial charge in [-0.3, -0.25) is 10.1 Å². The number of benzene rings is 1. The molecule has 0 saturated carbocycles. The minimum Gasteiger partial charge on any atom is -0.333 e. The Hall–Kier alpha value is -1.63. The van der Waals surface area contributed by atoms with Crippen molar-refractivity contribution in [3.8, 4) is 0 Å². The average Bonchev–Trinajstić information content (AvgIpc) is 2.32. The molecule has 2 aromatic rings. The molecule has 0 amide bonds. The third-order valence-corrected chi connectivity index (χ3v) is 2.85. The molecule has 1 aromatic heterocycles. The highest BCUT2D eigenvalue weighted by Crippen LogP contribution is 2.31. The second-order valence-electron chi connectivity index (χ2n) is 3.38. The molecule has 1 heterocycles. The normalized spacial score (nSPS) is 10.3. The molecule has 1 N–H and O–H groups in total. The zero-order valence-electron chi connectivity index (χ0n) is 9.10. The van der Waals surface area contributed by atoms with Gasteiger partial charge in [0.25, 0.3) is 0 Å². The van der Waals surface area contributed by atoms with Gasteiger partial charge >= 0.3 is 5.69 Å². The summed E-state index contributed by atoms with van der Waals surface area (Å²) in [4.78, 5) is 17.5. The van der Waals surface area contributed by atoms with Crippen LogP contribution in [0.15, 0.2) is 24.4 Å². The van der Waals surface area contributed by atoms with E-state index < -0.39 is 4.92 Å². The summed E-state index contributed by atoms with van der Waals surface area (Å²) in [6.07, 6.45) is 1.02. The maximum Gasteiger partial charge on any atom is 0.329 e. The summed E-state index contributed by atoms with van der Waals surface area (Å²) < 4.78 is 0. The predicted molar refractivity (Wildman–Crippen MR) is 73.4 cm³/mol. The molecule has 1 aromatic carbocycles. The van der Waals surface area contributed by atoms with Gasteiger partial charge in [0.15, 0.2) is 0 Å². The Labute approximate surface area is 122 Å². The molecule has 19 heavy (non-hydrogen) atoms. The zero-order valence-corrected chi connectivity index (χ0v) is 11.4. The Morgan fingerprint density at radius 3 is 2.63 bits per heavy atom. The van der Waals surface area contributed by atoms with Gasteiger partial charge in [0.05, 0.1) is 15.6 Å². The molecule has 2 rings (SSSR count). The minimum atomic E-state index is -0.623. The number of nitrogens with zero attached hydrogens (tertiary/aromatic N) is 3. The summed E-state index contributed by atoms with van der Waals surface area (Å²) in [6.45, 7) is 0. The van der Waals surface area contributed by atoms with E-state index in [1.807, 2.05) is 0 Å². The van der Waals surface area contributed by atoms with E-state index in [1.54, 1.807) is 12.1 Å². The second kappa shape index (κ2) is 5.56.